The predicted octanol–water partition coefficient (Wildman–Crippen LogP) is 4.11. The van der Waals surface area contributed by atoms with Crippen molar-refractivity contribution in [2.75, 3.05) is 5.32 Å². The number of nitrogens with zero attached hydrogens (tertiary/aromatic N) is 1. The van der Waals surface area contributed by atoms with Crippen LogP contribution in [-0.2, 0) is 6.42 Å². The highest BCUT2D eigenvalue weighted by atomic mass is 79.9. The molecular weight excluding hydrogens is 336 g/mol. The molecule has 2 aromatic carbocycles. The molecule has 0 radical (unpaired) electrons. The Bertz CT molecular complexity index is 644. The van der Waals surface area contributed by atoms with E-state index in [1.54, 1.807) is 24.3 Å². The molecule has 110 valence electrons. The molecule has 1 unspecified atom stereocenters. The van der Waals surface area contributed by atoms with Crippen molar-refractivity contribution in [1.82, 2.24) is 0 Å². The van der Waals surface area contributed by atoms with E-state index in [0.29, 0.717) is 16.6 Å². The molecule has 6 heteroatoms. The van der Waals surface area contributed by atoms with Gasteiger partial charge in [-0.15, -0.1) is 0 Å². The van der Waals surface area contributed by atoms with Crippen LogP contribution in [0.4, 0.5) is 11.4 Å². The van der Waals surface area contributed by atoms with Crippen LogP contribution in [0.2, 0.25) is 0 Å². The van der Waals surface area contributed by atoms with Crippen LogP contribution in [0.3, 0.4) is 0 Å². The Morgan fingerprint density at radius 3 is 2.57 bits per heavy atom. The van der Waals surface area contributed by atoms with Gasteiger partial charge in [0.2, 0.25) is 0 Å². The molecule has 2 rings (SSSR count). The first kappa shape index (κ1) is 15.3. The molecule has 2 aromatic rings. The molecule has 0 aliphatic heterocycles. The normalized spacial score (nSPS) is 11.9. The van der Waals surface area contributed by atoms with E-state index in [1.807, 2.05) is 19.1 Å². The Kier molecular flexibility index (Phi) is 4.80. The lowest BCUT2D eigenvalue weighted by atomic mass is 10.1. The number of benzene rings is 2. The number of phenols is 1. The summed E-state index contributed by atoms with van der Waals surface area (Å²) < 4.78 is 0.672. The molecule has 0 saturated carbocycles. The van der Waals surface area contributed by atoms with Gasteiger partial charge in [0.1, 0.15) is 11.4 Å². The van der Waals surface area contributed by atoms with Gasteiger partial charge in [-0.1, -0.05) is 28.1 Å². The lowest BCUT2D eigenvalue weighted by molar-refractivity contribution is -0.384. The van der Waals surface area contributed by atoms with Crippen LogP contribution in [0, 0.1) is 10.1 Å². The van der Waals surface area contributed by atoms with Crippen LogP contribution in [0.1, 0.15) is 12.5 Å². The first-order chi connectivity index (χ1) is 9.95. The maximum atomic E-state index is 11.1. The zero-order chi connectivity index (χ0) is 15.4. The van der Waals surface area contributed by atoms with Crippen LogP contribution < -0.4 is 5.32 Å². The maximum absolute atomic E-state index is 11.1. The molecule has 1 atom stereocenters. The lowest BCUT2D eigenvalue weighted by Crippen LogP contribution is -2.18. The van der Waals surface area contributed by atoms with Gasteiger partial charge in [0.25, 0.3) is 5.69 Å². The third-order valence-corrected chi connectivity index (χ3v) is 3.53. The lowest BCUT2D eigenvalue weighted by Gasteiger charge is -2.15. The topological polar surface area (TPSA) is 75.4 Å². The Morgan fingerprint density at radius 2 is 1.95 bits per heavy atom. The number of anilines is 1. The van der Waals surface area contributed by atoms with E-state index in [4.69, 9.17) is 0 Å². The van der Waals surface area contributed by atoms with E-state index in [2.05, 4.69) is 21.2 Å². The summed E-state index contributed by atoms with van der Waals surface area (Å²) >= 11 is 3.24. The number of aromatic hydroxyl groups is 1. The summed E-state index contributed by atoms with van der Waals surface area (Å²) in [6, 6.07) is 11.9. The van der Waals surface area contributed by atoms with Crippen molar-refractivity contribution in [1.29, 1.82) is 0 Å². The number of nitrogens with one attached hydrogen (secondary N) is 1. The van der Waals surface area contributed by atoms with Crippen LogP contribution in [0.5, 0.6) is 5.75 Å². The average molecular weight is 351 g/mol. The van der Waals surface area contributed by atoms with Crippen LogP contribution in [-0.4, -0.2) is 16.1 Å². The molecule has 0 spiro atoms. The zero-order valence-corrected chi connectivity index (χ0v) is 13.0. The van der Waals surface area contributed by atoms with Gasteiger partial charge in [-0.25, -0.2) is 0 Å². The van der Waals surface area contributed by atoms with Crippen molar-refractivity contribution < 1.29 is 10.0 Å². The highest BCUT2D eigenvalue weighted by molar-refractivity contribution is 9.10. The summed E-state index contributed by atoms with van der Waals surface area (Å²) in [5.74, 6) is 0.225. The van der Waals surface area contributed by atoms with Gasteiger partial charge in [-0.05, 0) is 43.2 Å². The molecule has 21 heavy (non-hydrogen) atoms. The van der Waals surface area contributed by atoms with E-state index < -0.39 is 4.92 Å². The largest absolute Gasteiger partial charge is 0.508 e. The molecule has 0 amide bonds. The number of nitro groups is 1. The Morgan fingerprint density at radius 1 is 1.29 bits per heavy atom. The second-order valence-electron chi connectivity index (χ2n) is 4.83. The summed E-state index contributed by atoms with van der Waals surface area (Å²) in [5, 5.41) is 23.5. The second kappa shape index (κ2) is 6.58. The fraction of sp³-hybridized carbons (Fsp3) is 0.200. The third kappa shape index (κ3) is 4.19. The average Bonchev–Trinajstić information content (AvgIpc) is 2.43. The highest BCUT2D eigenvalue weighted by Gasteiger charge is 2.16. The first-order valence-corrected chi connectivity index (χ1v) is 7.23. The number of nitro benzene ring substituents is 1. The monoisotopic (exact) mass is 350 g/mol. The predicted molar refractivity (Wildman–Crippen MR) is 85.7 cm³/mol. The molecule has 0 saturated heterocycles. The van der Waals surface area contributed by atoms with Crippen LogP contribution in [0.15, 0.2) is 46.9 Å². The van der Waals surface area contributed by atoms with Crippen molar-refractivity contribution in [3.8, 4) is 5.75 Å². The Hall–Kier alpha value is -2.08. The fourth-order valence-corrected chi connectivity index (χ4v) is 2.43. The van der Waals surface area contributed by atoms with Crippen molar-refractivity contribution in [3.05, 3.63) is 62.6 Å². The summed E-state index contributed by atoms with van der Waals surface area (Å²) in [4.78, 5) is 10.7. The molecule has 0 bridgehead atoms. The number of rotatable bonds is 5. The fourth-order valence-electron chi connectivity index (χ4n) is 2.08. The summed E-state index contributed by atoms with van der Waals surface area (Å²) in [7, 11) is 0. The summed E-state index contributed by atoms with van der Waals surface area (Å²) in [6.07, 6.45) is 0.702. The Balaban J connectivity index is 2.10. The molecular formula is C15H15BrN2O3. The molecule has 0 fully saturated rings. The molecule has 0 aromatic heterocycles. The van der Waals surface area contributed by atoms with Crippen molar-refractivity contribution in [2.45, 2.75) is 19.4 Å². The minimum atomic E-state index is -0.402. The van der Waals surface area contributed by atoms with Crippen molar-refractivity contribution in [3.63, 3.8) is 0 Å². The van der Waals surface area contributed by atoms with E-state index >= 15 is 0 Å². The molecule has 2 N–H and O–H groups in total. The van der Waals surface area contributed by atoms with Gasteiger partial charge in [-0.3, -0.25) is 10.1 Å². The van der Waals surface area contributed by atoms with Crippen molar-refractivity contribution >= 4 is 27.3 Å². The van der Waals surface area contributed by atoms with Gasteiger partial charge >= 0.3 is 0 Å². The smallest absolute Gasteiger partial charge is 0.293 e. The molecule has 0 heterocycles. The number of hydrogen-bond acceptors (Lipinski definition) is 4. The van der Waals surface area contributed by atoms with Gasteiger partial charge in [0, 0.05) is 16.6 Å². The number of phenolic OH excluding ortho intramolecular Hbond substituents is 1. The van der Waals surface area contributed by atoms with Gasteiger partial charge in [0.05, 0.1) is 4.92 Å². The molecule has 0 aliphatic rings. The Labute approximate surface area is 130 Å². The third-order valence-electron chi connectivity index (χ3n) is 3.04. The minimum Gasteiger partial charge on any atom is -0.508 e. The minimum absolute atomic E-state index is 0.0226. The van der Waals surface area contributed by atoms with E-state index in [0.717, 1.165) is 5.56 Å². The van der Waals surface area contributed by atoms with Crippen molar-refractivity contribution in [2.24, 2.45) is 0 Å². The quantitative estimate of drug-likeness (QED) is 0.628. The van der Waals surface area contributed by atoms with Crippen LogP contribution in [0.25, 0.3) is 0 Å². The molecule has 0 aliphatic carbocycles. The second-order valence-corrected chi connectivity index (χ2v) is 5.75. The van der Waals surface area contributed by atoms with E-state index in [1.165, 1.54) is 6.07 Å². The summed E-state index contributed by atoms with van der Waals surface area (Å²) in [5.41, 5.74) is 1.59. The number of halogens is 1. The number of hydrogen-bond donors (Lipinski definition) is 2. The first-order valence-electron chi connectivity index (χ1n) is 6.44. The highest BCUT2D eigenvalue weighted by Crippen LogP contribution is 2.28. The SMILES string of the molecule is CC(Cc1ccc(O)cc1)Nc1ccc(Br)cc1[N+](=O)[O-]. The maximum Gasteiger partial charge on any atom is 0.293 e. The van der Waals surface area contributed by atoms with Gasteiger partial charge < -0.3 is 10.4 Å². The van der Waals surface area contributed by atoms with Gasteiger partial charge in [-0.2, -0.15) is 0 Å². The van der Waals surface area contributed by atoms with Gasteiger partial charge in [0.15, 0.2) is 0 Å². The molecule has 5 nitrogen and oxygen atoms in total. The van der Waals surface area contributed by atoms with Crippen LogP contribution >= 0.6 is 15.9 Å². The van der Waals surface area contributed by atoms with E-state index in [-0.39, 0.29) is 17.5 Å². The summed E-state index contributed by atoms with van der Waals surface area (Å²) in [6.45, 7) is 1.96. The standard InChI is InChI=1S/C15H15BrN2O3/c1-10(8-11-2-5-13(19)6-3-11)17-14-7-4-12(16)9-15(14)18(20)21/h2-7,9-10,17,19H,8H2,1H3. The zero-order valence-electron chi connectivity index (χ0n) is 11.4. The van der Waals surface area contributed by atoms with E-state index in [9.17, 15) is 15.2 Å².